The van der Waals surface area contributed by atoms with Crippen LogP contribution in [0.25, 0.3) is 5.65 Å². The van der Waals surface area contributed by atoms with E-state index in [9.17, 15) is 14.9 Å². The van der Waals surface area contributed by atoms with Crippen LogP contribution >= 0.6 is 0 Å². The highest BCUT2D eigenvalue weighted by atomic mass is 16.6. The molecular weight excluding hydrogens is 346 g/mol. The van der Waals surface area contributed by atoms with Crippen LogP contribution in [0.1, 0.15) is 24.5 Å². The van der Waals surface area contributed by atoms with Gasteiger partial charge in [-0.05, 0) is 36.2 Å². The molecule has 2 heterocycles. The fourth-order valence-corrected chi connectivity index (χ4v) is 2.88. The largest absolute Gasteiger partial charge is 0.376 e. The first kappa shape index (κ1) is 18.1. The molecule has 0 aliphatic rings. The van der Waals surface area contributed by atoms with Crippen LogP contribution in [0.15, 0.2) is 53.5 Å². The van der Waals surface area contributed by atoms with E-state index in [1.54, 1.807) is 47.4 Å². The number of aromatic nitrogens is 2. The molecule has 3 rings (SSSR count). The van der Waals surface area contributed by atoms with Gasteiger partial charge in [0.25, 0.3) is 0 Å². The van der Waals surface area contributed by atoms with E-state index in [1.165, 1.54) is 10.6 Å². The number of hydrogen-bond acceptors (Lipinski definition) is 6. The van der Waals surface area contributed by atoms with E-state index < -0.39 is 16.2 Å². The summed E-state index contributed by atoms with van der Waals surface area (Å²) in [5, 5.41) is 20.5. The second-order valence-electron chi connectivity index (χ2n) is 6.01. The lowest BCUT2D eigenvalue weighted by atomic mass is 10.1. The molecule has 0 bridgehead atoms. The summed E-state index contributed by atoms with van der Waals surface area (Å²) in [6.45, 7) is 2.79. The average molecular weight is 363 g/mol. The molecule has 136 valence electrons. The van der Waals surface area contributed by atoms with Gasteiger partial charge in [0.1, 0.15) is 5.65 Å². The number of rotatable bonds is 6. The van der Waals surface area contributed by atoms with Crippen LogP contribution in [-0.4, -0.2) is 20.9 Å². The second kappa shape index (κ2) is 7.66. The van der Waals surface area contributed by atoms with E-state index in [0.717, 1.165) is 12.0 Å². The molecule has 0 unspecified atom stereocenters. The van der Waals surface area contributed by atoms with Gasteiger partial charge in [-0.25, -0.2) is 4.98 Å². The normalized spacial score (nSPS) is 10.5. The number of nitriles is 1. The molecule has 0 aliphatic carbocycles. The first-order valence-corrected chi connectivity index (χ1v) is 8.45. The van der Waals surface area contributed by atoms with Crippen LogP contribution in [0.2, 0.25) is 0 Å². The zero-order chi connectivity index (χ0) is 19.4. The van der Waals surface area contributed by atoms with Crippen molar-refractivity contribution in [1.82, 2.24) is 9.38 Å². The summed E-state index contributed by atoms with van der Waals surface area (Å²) in [5.41, 5.74) is 0.506. The SMILES string of the molecule is CCCN(Cc1ccc(C#N)cc1)c1nc2ccccn2c(=O)c1[N+](=O)[O-]. The first-order chi connectivity index (χ1) is 13.0. The van der Waals surface area contributed by atoms with Crippen molar-refractivity contribution < 1.29 is 4.92 Å². The standard InChI is InChI=1S/C19H17N5O3/c1-2-10-22(13-15-8-6-14(12-20)7-9-15)18-17(24(26)27)19(25)23-11-4-3-5-16(23)21-18/h3-9,11H,2,10,13H2,1H3. The van der Waals surface area contributed by atoms with Gasteiger partial charge in [0.05, 0.1) is 16.6 Å². The fourth-order valence-electron chi connectivity index (χ4n) is 2.88. The summed E-state index contributed by atoms with van der Waals surface area (Å²) in [6.07, 6.45) is 2.19. The van der Waals surface area contributed by atoms with Crippen molar-refractivity contribution in [3.63, 3.8) is 0 Å². The second-order valence-corrected chi connectivity index (χ2v) is 6.01. The van der Waals surface area contributed by atoms with Crippen LogP contribution in [0.5, 0.6) is 0 Å². The predicted molar refractivity (Wildman–Crippen MR) is 101 cm³/mol. The van der Waals surface area contributed by atoms with E-state index in [4.69, 9.17) is 5.26 Å². The topological polar surface area (TPSA) is 105 Å². The Bertz CT molecular complexity index is 1080. The molecule has 0 aliphatic heterocycles. The maximum Gasteiger partial charge on any atom is 0.376 e. The van der Waals surface area contributed by atoms with Crippen molar-refractivity contribution in [3.05, 3.63) is 80.3 Å². The predicted octanol–water partition coefficient (Wildman–Crippen LogP) is 2.89. The molecule has 0 N–H and O–H groups in total. The minimum absolute atomic E-state index is 0.0578. The molecule has 2 aromatic heterocycles. The fraction of sp³-hybridized carbons (Fsp3) is 0.211. The number of benzene rings is 1. The molecule has 8 nitrogen and oxygen atoms in total. The van der Waals surface area contributed by atoms with Gasteiger partial charge in [-0.1, -0.05) is 25.1 Å². The zero-order valence-electron chi connectivity index (χ0n) is 14.7. The summed E-state index contributed by atoms with van der Waals surface area (Å²) < 4.78 is 1.17. The van der Waals surface area contributed by atoms with Crippen LogP contribution in [0.3, 0.4) is 0 Å². The molecule has 0 atom stereocenters. The Morgan fingerprint density at radius 3 is 2.63 bits per heavy atom. The summed E-state index contributed by atoms with van der Waals surface area (Å²) >= 11 is 0. The third-order valence-corrected chi connectivity index (χ3v) is 4.12. The number of fused-ring (bicyclic) bond motifs is 1. The van der Waals surface area contributed by atoms with Gasteiger partial charge in [0.15, 0.2) is 0 Å². The molecular formula is C19H17N5O3. The molecule has 0 amide bonds. The highest BCUT2D eigenvalue weighted by Crippen LogP contribution is 2.25. The van der Waals surface area contributed by atoms with Gasteiger partial charge in [-0.3, -0.25) is 19.3 Å². The molecule has 3 aromatic rings. The molecule has 8 heteroatoms. The monoisotopic (exact) mass is 363 g/mol. The molecule has 1 aromatic carbocycles. The maximum absolute atomic E-state index is 12.7. The van der Waals surface area contributed by atoms with Gasteiger partial charge in [0.2, 0.25) is 5.82 Å². The maximum atomic E-state index is 12.7. The zero-order valence-corrected chi connectivity index (χ0v) is 14.7. The molecule has 0 fully saturated rings. The van der Waals surface area contributed by atoms with E-state index in [-0.39, 0.29) is 5.82 Å². The number of hydrogen-bond donors (Lipinski definition) is 0. The van der Waals surface area contributed by atoms with Gasteiger partial charge >= 0.3 is 11.2 Å². The molecule has 0 spiro atoms. The van der Waals surface area contributed by atoms with Crippen molar-refractivity contribution in [3.8, 4) is 6.07 Å². The van der Waals surface area contributed by atoms with Crippen LogP contribution in [0.4, 0.5) is 11.5 Å². The van der Waals surface area contributed by atoms with Crippen LogP contribution in [-0.2, 0) is 6.54 Å². The lowest BCUT2D eigenvalue weighted by molar-refractivity contribution is -0.385. The minimum atomic E-state index is -0.707. The molecule has 27 heavy (non-hydrogen) atoms. The summed E-state index contributed by atoms with van der Waals surface area (Å²) in [6, 6.07) is 14.0. The summed E-state index contributed by atoms with van der Waals surface area (Å²) in [5.74, 6) is 0.0578. The highest BCUT2D eigenvalue weighted by Gasteiger charge is 2.27. The lowest BCUT2D eigenvalue weighted by Gasteiger charge is -2.23. The Morgan fingerprint density at radius 2 is 2.00 bits per heavy atom. The quantitative estimate of drug-likeness (QED) is 0.492. The third-order valence-electron chi connectivity index (χ3n) is 4.12. The average Bonchev–Trinajstić information content (AvgIpc) is 2.68. The Labute approximate surface area is 155 Å². The van der Waals surface area contributed by atoms with Crippen molar-refractivity contribution in [2.75, 3.05) is 11.4 Å². The Kier molecular flexibility index (Phi) is 5.13. The van der Waals surface area contributed by atoms with Crippen molar-refractivity contribution in [1.29, 1.82) is 5.26 Å². The number of anilines is 1. The summed E-state index contributed by atoms with van der Waals surface area (Å²) in [4.78, 5) is 29.7. The van der Waals surface area contributed by atoms with Gasteiger partial charge in [-0.2, -0.15) is 5.26 Å². The lowest BCUT2D eigenvalue weighted by Crippen LogP contribution is -2.29. The van der Waals surface area contributed by atoms with Crippen LogP contribution < -0.4 is 10.5 Å². The van der Waals surface area contributed by atoms with E-state index in [2.05, 4.69) is 11.1 Å². The number of nitro groups is 1. The Morgan fingerprint density at radius 1 is 1.26 bits per heavy atom. The third kappa shape index (κ3) is 3.62. The van der Waals surface area contributed by atoms with Crippen molar-refractivity contribution in [2.45, 2.75) is 19.9 Å². The van der Waals surface area contributed by atoms with Gasteiger partial charge in [0, 0.05) is 19.3 Å². The van der Waals surface area contributed by atoms with E-state index in [1.807, 2.05) is 6.92 Å². The Hall–Kier alpha value is -3.73. The summed E-state index contributed by atoms with van der Waals surface area (Å²) in [7, 11) is 0. The van der Waals surface area contributed by atoms with Crippen molar-refractivity contribution >= 4 is 17.2 Å². The number of pyridine rings is 1. The minimum Gasteiger partial charge on any atom is -0.346 e. The molecule has 0 saturated carbocycles. The van der Waals surface area contributed by atoms with Gasteiger partial charge < -0.3 is 4.90 Å². The number of nitrogens with zero attached hydrogens (tertiary/aromatic N) is 5. The van der Waals surface area contributed by atoms with E-state index >= 15 is 0 Å². The molecule has 0 radical (unpaired) electrons. The first-order valence-electron chi connectivity index (χ1n) is 8.45. The smallest absolute Gasteiger partial charge is 0.346 e. The van der Waals surface area contributed by atoms with Crippen LogP contribution in [0, 0.1) is 21.4 Å². The highest BCUT2D eigenvalue weighted by molar-refractivity contribution is 5.61. The van der Waals surface area contributed by atoms with E-state index in [0.29, 0.717) is 24.3 Å². The van der Waals surface area contributed by atoms with Gasteiger partial charge in [-0.15, -0.1) is 0 Å². The Balaban J connectivity index is 2.12. The molecule has 0 saturated heterocycles. The van der Waals surface area contributed by atoms with Crippen molar-refractivity contribution in [2.24, 2.45) is 0 Å².